The first-order valence-corrected chi connectivity index (χ1v) is 4.53. The molecule has 1 N–H and O–H groups in total. The molecule has 1 nitrogen and oxygen atoms in total. The van der Waals surface area contributed by atoms with Crippen LogP contribution in [-0.2, 0) is 0 Å². The molecule has 0 saturated carbocycles. The van der Waals surface area contributed by atoms with Gasteiger partial charge in [0.05, 0.1) is 0 Å². The van der Waals surface area contributed by atoms with Gasteiger partial charge in [0.1, 0.15) is 5.67 Å². The van der Waals surface area contributed by atoms with Crippen LogP contribution < -0.4 is 5.32 Å². The molecule has 2 atom stereocenters. The third-order valence-corrected chi connectivity index (χ3v) is 2.54. The number of hydrogen-bond donors (Lipinski definition) is 1. The highest BCUT2D eigenvalue weighted by atomic mass is 19.1. The number of halogens is 1. The molecule has 0 aromatic rings. The van der Waals surface area contributed by atoms with Crippen LogP contribution in [0.15, 0.2) is 12.2 Å². The summed E-state index contributed by atoms with van der Waals surface area (Å²) in [5.74, 6) is 0.441. The van der Waals surface area contributed by atoms with E-state index < -0.39 is 5.67 Å². The Hall–Kier alpha value is -0.370. The van der Waals surface area contributed by atoms with Gasteiger partial charge in [-0.05, 0) is 12.8 Å². The largest absolute Gasteiger partial charge is 0.307 e. The van der Waals surface area contributed by atoms with E-state index in [0.29, 0.717) is 18.9 Å². The molecule has 0 spiro atoms. The molecule has 70 valence electrons. The van der Waals surface area contributed by atoms with Crippen LogP contribution >= 0.6 is 0 Å². The number of alkyl halides is 1. The Morgan fingerprint density at radius 3 is 2.58 bits per heavy atom. The Bertz CT molecular complexity index is 184. The lowest BCUT2D eigenvalue weighted by Crippen LogP contribution is -2.25. The van der Waals surface area contributed by atoms with Crippen molar-refractivity contribution in [2.45, 2.75) is 38.9 Å². The molecule has 1 aliphatic rings. The van der Waals surface area contributed by atoms with E-state index in [0.717, 1.165) is 5.57 Å². The molecule has 0 radical (unpaired) electrons. The van der Waals surface area contributed by atoms with Gasteiger partial charge in [-0.3, -0.25) is 0 Å². The average Bonchev–Trinajstić information content (AvgIpc) is 2.28. The summed E-state index contributed by atoms with van der Waals surface area (Å²) in [6, 6.07) is 0.181. The molecule has 1 rings (SSSR count). The van der Waals surface area contributed by atoms with E-state index >= 15 is 0 Å². The molecular weight excluding hydrogens is 153 g/mol. The SMILES string of the molecule is C=C(C(C)C)C1CC(C)(F)CN1. The van der Waals surface area contributed by atoms with Crippen LogP contribution in [0, 0.1) is 5.92 Å². The Balaban J connectivity index is 2.53. The summed E-state index contributed by atoms with van der Waals surface area (Å²) < 4.78 is 13.4. The summed E-state index contributed by atoms with van der Waals surface area (Å²) >= 11 is 0. The molecule has 0 bridgehead atoms. The van der Waals surface area contributed by atoms with Gasteiger partial charge >= 0.3 is 0 Å². The van der Waals surface area contributed by atoms with E-state index in [9.17, 15) is 4.39 Å². The maximum atomic E-state index is 13.4. The first-order valence-electron chi connectivity index (χ1n) is 4.53. The van der Waals surface area contributed by atoms with Crippen molar-refractivity contribution in [3.05, 3.63) is 12.2 Å². The molecule has 1 fully saturated rings. The second-order valence-corrected chi connectivity index (χ2v) is 4.28. The molecule has 12 heavy (non-hydrogen) atoms. The summed E-state index contributed by atoms with van der Waals surface area (Å²) in [4.78, 5) is 0. The van der Waals surface area contributed by atoms with E-state index in [1.54, 1.807) is 6.92 Å². The molecule has 0 aromatic heterocycles. The molecule has 1 aliphatic heterocycles. The van der Waals surface area contributed by atoms with Gasteiger partial charge in [0, 0.05) is 19.0 Å². The van der Waals surface area contributed by atoms with Crippen molar-refractivity contribution in [1.82, 2.24) is 5.32 Å². The third-order valence-electron chi connectivity index (χ3n) is 2.54. The summed E-state index contributed by atoms with van der Waals surface area (Å²) in [6.07, 6.45) is 0.573. The maximum absolute atomic E-state index is 13.4. The van der Waals surface area contributed by atoms with Crippen LogP contribution in [0.4, 0.5) is 4.39 Å². The van der Waals surface area contributed by atoms with Gasteiger partial charge in [-0.2, -0.15) is 0 Å². The van der Waals surface area contributed by atoms with Gasteiger partial charge in [-0.25, -0.2) is 4.39 Å². The molecule has 0 aliphatic carbocycles. The van der Waals surface area contributed by atoms with Crippen LogP contribution in [0.5, 0.6) is 0 Å². The lowest BCUT2D eigenvalue weighted by Gasteiger charge is -2.17. The number of nitrogens with one attached hydrogen (secondary N) is 1. The average molecular weight is 171 g/mol. The molecule has 1 heterocycles. The normalized spacial score (nSPS) is 35.9. The highest BCUT2D eigenvalue weighted by molar-refractivity contribution is 5.13. The first-order chi connectivity index (χ1) is 5.42. The monoisotopic (exact) mass is 171 g/mol. The zero-order chi connectivity index (χ0) is 9.35. The van der Waals surface area contributed by atoms with Crippen molar-refractivity contribution in [3.8, 4) is 0 Å². The minimum absolute atomic E-state index is 0.181. The number of hydrogen-bond acceptors (Lipinski definition) is 1. The molecule has 2 heteroatoms. The fourth-order valence-electron chi connectivity index (χ4n) is 1.57. The standard InChI is InChI=1S/C10H18FN/c1-7(2)8(3)9-5-10(4,11)6-12-9/h7,9,12H,3,5-6H2,1-2,4H3. The zero-order valence-electron chi connectivity index (χ0n) is 8.15. The lowest BCUT2D eigenvalue weighted by molar-refractivity contribution is 0.215. The summed E-state index contributed by atoms with van der Waals surface area (Å²) in [7, 11) is 0. The van der Waals surface area contributed by atoms with Crippen molar-refractivity contribution >= 4 is 0 Å². The van der Waals surface area contributed by atoms with E-state index in [2.05, 4.69) is 25.7 Å². The molecule has 2 unspecified atom stereocenters. The molecular formula is C10H18FN. The first kappa shape index (κ1) is 9.72. The Morgan fingerprint density at radius 1 is 1.67 bits per heavy atom. The van der Waals surface area contributed by atoms with Crippen molar-refractivity contribution in [2.75, 3.05) is 6.54 Å². The van der Waals surface area contributed by atoms with Crippen LogP contribution in [0.2, 0.25) is 0 Å². The van der Waals surface area contributed by atoms with Crippen LogP contribution in [0.25, 0.3) is 0 Å². The minimum Gasteiger partial charge on any atom is -0.307 e. The number of rotatable bonds is 2. The van der Waals surface area contributed by atoms with E-state index in [1.165, 1.54) is 0 Å². The van der Waals surface area contributed by atoms with Gasteiger partial charge in [0.15, 0.2) is 0 Å². The minimum atomic E-state index is -1.04. The van der Waals surface area contributed by atoms with E-state index in [-0.39, 0.29) is 6.04 Å². The molecule has 0 amide bonds. The van der Waals surface area contributed by atoms with Crippen molar-refractivity contribution in [1.29, 1.82) is 0 Å². The summed E-state index contributed by atoms with van der Waals surface area (Å²) in [5, 5.41) is 3.15. The van der Waals surface area contributed by atoms with Crippen molar-refractivity contribution < 1.29 is 4.39 Å². The Morgan fingerprint density at radius 2 is 2.25 bits per heavy atom. The predicted molar refractivity (Wildman–Crippen MR) is 49.9 cm³/mol. The second kappa shape index (κ2) is 3.17. The van der Waals surface area contributed by atoms with Crippen molar-refractivity contribution in [3.63, 3.8) is 0 Å². The fourth-order valence-corrected chi connectivity index (χ4v) is 1.57. The highest BCUT2D eigenvalue weighted by Crippen LogP contribution is 2.28. The lowest BCUT2D eigenvalue weighted by atomic mass is 9.93. The molecule has 0 aromatic carbocycles. The quantitative estimate of drug-likeness (QED) is 0.628. The van der Waals surface area contributed by atoms with E-state index in [1.807, 2.05) is 0 Å². The van der Waals surface area contributed by atoms with Gasteiger partial charge < -0.3 is 5.32 Å². The van der Waals surface area contributed by atoms with Gasteiger partial charge in [-0.15, -0.1) is 0 Å². The summed E-state index contributed by atoms with van der Waals surface area (Å²) in [6.45, 7) is 10.3. The Labute approximate surface area is 74.0 Å². The summed E-state index contributed by atoms with van der Waals surface area (Å²) in [5.41, 5.74) is 0.0825. The third kappa shape index (κ3) is 2.07. The van der Waals surface area contributed by atoms with Crippen molar-refractivity contribution in [2.24, 2.45) is 5.92 Å². The zero-order valence-corrected chi connectivity index (χ0v) is 8.15. The van der Waals surface area contributed by atoms with Crippen LogP contribution in [-0.4, -0.2) is 18.3 Å². The van der Waals surface area contributed by atoms with Crippen LogP contribution in [0.3, 0.4) is 0 Å². The maximum Gasteiger partial charge on any atom is 0.122 e. The second-order valence-electron chi connectivity index (χ2n) is 4.28. The molecule has 1 saturated heterocycles. The van der Waals surface area contributed by atoms with Gasteiger partial charge in [0.25, 0.3) is 0 Å². The van der Waals surface area contributed by atoms with Gasteiger partial charge in [0.2, 0.25) is 0 Å². The fraction of sp³-hybridized carbons (Fsp3) is 0.800. The van der Waals surface area contributed by atoms with E-state index in [4.69, 9.17) is 0 Å². The Kier molecular flexibility index (Phi) is 2.57. The van der Waals surface area contributed by atoms with Gasteiger partial charge in [-0.1, -0.05) is 26.0 Å². The topological polar surface area (TPSA) is 12.0 Å². The predicted octanol–water partition coefficient (Wildman–Crippen LogP) is 2.29. The smallest absolute Gasteiger partial charge is 0.122 e. The van der Waals surface area contributed by atoms with Crippen LogP contribution in [0.1, 0.15) is 27.2 Å². The highest BCUT2D eigenvalue weighted by Gasteiger charge is 2.36.